The molecular formula is C8H8F3NS. The maximum absolute atomic E-state index is 12.2. The molecule has 0 radical (unpaired) electrons. The molecule has 0 saturated carbocycles. The quantitative estimate of drug-likeness (QED) is 0.690. The van der Waals surface area contributed by atoms with Crippen molar-refractivity contribution in [1.29, 1.82) is 0 Å². The predicted molar refractivity (Wildman–Crippen MR) is 45.6 cm³/mol. The average molecular weight is 207 g/mol. The average Bonchev–Trinajstić information content (AvgIpc) is 2.04. The number of hydrogen-bond donors (Lipinski definition) is 0. The molecule has 1 rings (SSSR count). The first kappa shape index (κ1) is 10.4. The summed E-state index contributed by atoms with van der Waals surface area (Å²) in [6, 6.07) is 1.11. The topological polar surface area (TPSA) is 12.9 Å². The van der Waals surface area contributed by atoms with Crippen molar-refractivity contribution < 1.29 is 13.2 Å². The lowest BCUT2D eigenvalue weighted by Crippen LogP contribution is -2.05. The second-order valence-corrected chi connectivity index (χ2v) is 3.68. The van der Waals surface area contributed by atoms with Gasteiger partial charge in [0.15, 0.2) is 0 Å². The minimum atomic E-state index is -4.29. The van der Waals surface area contributed by atoms with E-state index in [4.69, 9.17) is 0 Å². The van der Waals surface area contributed by atoms with Gasteiger partial charge in [-0.15, -0.1) is 11.8 Å². The summed E-state index contributed by atoms with van der Waals surface area (Å²) in [7, 11) is 0. The van der Waals surface area contributed by atoms with E-state index in [2.05, 4.69) is 4.98 Å². The number of pyridine rings is 1. The molecule has 5 heteroatoms. The van der Waals surface area contributed by atoms with Crippen molar-refractivity contribution in [2.45, 2.75) is 18.0 Å². The van der Waals surface area contributed by atoms with Crippen molar-refractivity contribution in [2.24, 2.45) is 0 Å². The molecule has 0 unspecified atom stereocenters. The zero-order valence-corrected chi connectivity index (χ0v) is 7.75. The number of rotatable bonds is 2. The highest BCUT2D eigenvalue weighted by Gasteiger charge is 2.30. The fourth-order valence-electron chi connectivity index (χ4n) is 0.819. The second kappa shape index (κ2) is 4.00. The van der Waals surface area contributed by atoms with E-state index in [9.17, 15) is 13.2 Å². The van der Waals surface area contributed by atoms with Gasteiger partial charge in [-0.25, -0.2) is 0 Å². The van der Waals surface area contributed by atoms with E-state index in [0.29, 0.717) is 4.90 Å². The molecule has 1 heterocycles. The van der Waals surface area contributed by atoms with Gasteiger partial charge in [-0.1, -0.05) is 6.92 Å². The number of aromatic nitrogens is 1. The van der Waals surface area contributed by atoms with Crippen LogP contribution in [0.2, 0.25) is 0 Å². The molecule has 0 aliphatic rings. The molecule has 72 valence electrons. The lowest BCUT2D eigenvalue weighted by Gasteiger charge is -2.06. The summed E-state index contributed by atoms with van der Waals surface area (Å²) >= 11 is 1.34. The molecule has 0 aromatic carbocycles. The Bertz CT molecular complexity index is 285. The van der Waals surface area contributed by atoms with Crippen LogP contribution in [-0.2, 0) is 6.18 Å². The normalized spacial score (nSPS) is 11.7. The molecule has 0 N–H and O–H groups in total. The van der Waals surface area contributed by atoms with Crippen LogP contribution in [0.25, 0.3) is 0 Å². The lowest BCUT2D eigenvalue weighted by molar-refractivity contribution is -0.138. The number of hydrogen-bond acceptors (Lipinski definition) is 2. The summed E-state index contributed by atoms with van der Waals surface area (Å²) in [6.45, 7) is 1.88. The van der Waals surface area contributed by atoms with E-state index in [1.165, 1.54) is 18.0 Å². The predicted octanol–water partition coefficient (Wildman–Crippen LogP) is 3.21. The van der Waals surface area contributed by atoms with Crippen LogP contribution in [0, 0.1) is 0 Å². The van der Waals surface area contributed by atoms with Crippen LogP contribution in [0.4, 0.5) is 13.2 Å². The summed E-state index contributed by atoms with van der Waals surface area (Å²) in [5, 5.41) is 0. The fraction of sp³-hybridized carbons (Fsp3) is 0.375. The fourth-order valence-corrected chi connectivity index (χ4v) is 1.50. The summed E-state index contributed by atoms with van der Waals surface area (Å²) in [5.41, 5.74) is -0.689. The second-order valence-electron chi connectivity index (χ2n) is 2.34. The van der Waals surface area contributed by atoms with Gasteiger partial charge in [0.25, 0.3) is 0 Å². The van der Waals surface area contributed by atoms with Crippen LogP contribution in [0.15, 0.2) is 23.4 Å². The maximum Gasteiger partial charge on any atom is 0.417 e. The Morgan fingerprint density at radius 3 is 2.62 bits per heavy atom. The first-order valence-electron chi connectivity index (χ1n) is 3.69. The highest BCUT2D eigenvalue weighted by Crippen LogP contribution is 2.30. The van der Waals surface area contributed by atoms with Gasteiger partial charge in [-0.3, -0.25) is 4.98 Å². The molecule has 0 aliphatic heterocycles. The van der Waals surface area contributed by atoms with Crippen molar-refractivity contribution in [3.63, 3.8) is 0 Å². The van der Waals surface area contributed by atoms with Gasteiger partial charge in [-0.05, 0) is 11.8 Å². The maximum atomic E-state index is 12.2. The molecule has 0 bridgehead atoms. The largest absolute Gasteiger partial charge is 0.417 e. The zero-order valence-electron chi connectivity index (χ0n) is 6.93. The molecule has 1 aromatic rings. The molecule has 0 saturated heterocycles. The smallest absolute Gasteiger partial charge is 0.263 e. The third-order valence-electron chi connectivity index (χ3n) is 1.35. The zero-order chi connectivity index (χ0) is 9.90. The Morgan fingerprint density at radius 1 is 1.38 bits per heavy atom. The minimum Gasteiger partial charge on any atom is -0.263 e. The van der Waals surface area contributed by atoms with E-state index in [1.807, 2.05) is 6.92 Å². The Kier molecular flexibility index (Phi) is 3.19. The Hall–Kier alpha value is -0.710. The van der Waals surface area contributed by atoms with E-state index in [-0.39, 0.29) is 0 Å². The van der Waals surface area contributed by atoms with Crippen molar-refractivity contribution in [1.82, 2.24) is 4.98 Å². The summed E-state index contributed by atoms with van der Waals surface area (Å²) in [5.74, 6) is 0.739. The molecule has 1 aromatic heterocycles. The summed E-state index contributed by atoms with van der Waals surface area (Å²) in [4.78, 5) is 4.08. The monoisotopic (exact) mass is 207 g/mol. The highest BCUT2D eigenvalue weighted by molar-refractivity contribution is 7.99. The molecule has 0 fully saturated rings. The van der Waals surface area contributed by atoms with Crippen LogP contribution >= 0.6 is 11.8 Å². The molecule has 0 aliphatic carbocycles. The molecular weight excluding hydrogens is 199 g/mol. The first-order valence-corrected chi connectivity index (χ1v) is 4.67. The SMILES string of the molecule is CCSc1cncc(C(F)(F)F)c1. The van der Waals surface area contributed by atoms with Crippen LogP contribution in [0.3, 0.4) is 0 Å². The van der Waals surface area contributed by atoms with Gasteiger partial charge in [0.1, 0.15) is 0 Å². The number of halogens is 3. The Morgan fingerprint density at radius 2 is 2.08 bits per heavy atom. The van der Waals surface area contributed by atoms with Gasteiger partial charge in [0.05, 0.1) is 5.56 Å². The van der Waals surface area contributed by atoms with E-state index in [1.54, 1.807) is 0 Å². The number of nitrogens with zero attached hydrogens (tertiary/aromatic N) is 1. The van der Waals surface area contributed by atoms with Crippen molar-refractivity contribution >= 4 is 11.8 Å². The van der Waals surface area contributed by atoms with Crippen molar-refractivity contribution in [3.05, 3.63) is 24.0 Å². The molecule has 0 amide bonds. The van der Waals surface area contributed by atoms with Crippen molar-refractivity contribution in [3.8, 4) is 0 Å². The molecule has 13 heavy (non-hydrogen) atoms. The van der Waals surface area contributed by atoms with E-state index < -0.39 is 11.7 Å². The molecule has 0 spiro atoms. The standard InChI is InChI=1S/C8H8F3NS/c1-2-13-7-3-6(4-12-5-7)8(9,10)11/h3-5H,2H2,1H3. The third-order valence-corrected chi connectivity index (χ3v) is 2.20. The lowest BCUT2D eigenvalue weighted by atomic mass is 10.3. The first-order chi connectivity index (χ1) is 6.04. The van der Waals surface area contributed by atoms with Crippen LogP contribution in [0.1, 0.15) is 12.5 Å². The Balaban J connectivity index is 2.92. The van der Waals surface area contributed by atoms with Gasteiger partial charge in [-0.2, -0.15) is 13.2 Å². The van der Waals surface area contributed by atoms with Crippen molar-refractivity contribution in [2.75, 3.05) is 5.75 Å². The third kappa shape index (κ3) is 2.91. The van der Waals surface area contributed by atoms with Gasteiger partial charge in [0.2, 0.25) is 0 Å². The van der Waals surface area contributed by atoms with Gasteiger partial charge < -0.3 is 0 Å². The van der Waals surface area contributed by atoms with Gasteiger partial charge >= 0.3 is 6.18 Å². The van der Waals surface area contributed by atoms with Crippen LogP contribution in [0.5, 0.6) is 0 Å². The minimum absolute atomic E-state index is 0.553. The molecule has 0 atom stereocenters. The van der Waals surface area contributed by atoms with Gasteiger partial charge in [0, 0.05) is 17.3 Å². The summed E-state index contributed by atoms with van der Waals surface area (Å²) in [6.07, 6.45) is -2.03. The Labute approximate surface area is 78.4 Å². The summed E-state index contributed by atoms with van der Waals surface area (Å²) < 4.78 is 36.5. The van der Waals surface area contributed by atoms with E-state index >= 15 is 0 Å². The van der Waals surface area contributed by atoms with E-state index in [0.717, 1.165) is 18.0 Å². The molecule has 1 nitrogen and oxygen atoms in total. The van der Waals surface area contributed by atoms with Crippen LogP contribution in [-0.4, -0.2) is 10.7 Å². The number of thioether (sulfide) groups is 1. The highest BCUT2D eigenvalue weighted by atomic mass is 32.2. The number of alkyl halides is 3. The van der Waals surface area contributed by atoms with Crippen LogP contribution < -0.4 is 0 Å².